The van der Waals surface area contributed by atoms with E-state index < -0.39 is 18.8 Å². The number of hydrogen-bond donors (Lipinski definition) is 2. The van der Waals surface area contributed by atoms with E-state index in [0.717, 1.165) is 28.2 Å². The van der Waals surface area contributed by atoms with Crippen molar-refractivity contribution in [2.24, 2.45) is 0 Å². The van der Waals surface area contributed by atoms with Crippen molar-refractivity contribution in [3.8, 4) is 11.5 Å². The van der Waals surface area contributed by atoms with Gasteiger partial charge in [0.1, 0.15) is 11.6 Å². The standard InChI is InChI=1S/C25H20BrF3NO5P/c26-21-12-15(4-9-20(21)25(28,29)36(31,32)33)13-30-22-10-11-34-14-19(22)18-2-1-3-23(24(18)30)35-17-7-5-16(27)6-8-17/h1-9,12H,10-11,13-14H2,(H2,31,32,33). The first-order valence-electron chi connectivity index (χ1n) is 10.9. The maximum Gasteiger partial charge on any atom is 0.399 e. The Labute approximate surface area is 212 Å². The highest BCUT2D eigenvalue weighted by Gasteiger charge is 2.51. The highest BCUT2D eigenvalue weighted by atomic mass is 79.9. The molecule has 0 atom stereocenters. The number of nitrogens with zero attached hydrogens (tertiary/aromatic N) is 1. The first-order chi connectivity index (χ1) is 17.1. The Hall–Kier alpha value is -2.62. The highest BCUT2D eigenvalue weighted by molar-refractivity contribution is 9.10. The van der Waals surface area contributed by atoms with Gasteiger partial charge in [0, 0.05) is 39.6 Å². The zero-order valence-electron chi connectivity index (χ0n) is 18.6. The van der Waals surface area contributed by atoms with Crippen LogP contribution in [-0.4, -0.2) is 21.0 Å². The molecule has 2 heterocycles. The molecule has 0 saturated carbocycles. The van der Waals surface area contributed by atoms with Crippen LogP contribution in [0.1, 0.15) is 22.4 Å². The van der Waals surface area contributed by atoms with Crippen molar-refractivity contribution in [1.29, 1.82) is 0 Å². The summed E-state index contributed by atoms with van der Waals surface area (Å²) in [6.45, 7) is 1.22. The summed E-state index contributed by atoms with van der Waals surface area (Å²) in [7, 11) is -5.70. The predicted molar refractivity (Wildman–Crippen MR) is 131 cm³/mol. The first-order valence-corrected chi connectivity index (χ1v) is 13.3. The molecule has 4 aromatic rings. The Bertz CT molecular complexity index is 1500. The number of aromatic nitrogens is 1. The zero-order valence-corrected chi connectivity index (χ0v) is 21.1. The molecule has 5 rings (SSSR count). The van der Waals surface area contributed by atoms with Crippen LogP contribution in [0.2, 0.25) is 0 Å². The van der Waals surface area contributed by atoms with E-state index >= 15 is 0 Å². The molecule has 6 nitrogen and oxygen atoms in total. The quantitative estimate of drug-likeness (QED) is 0.248. The van der Waals surface area contributed by atoms with Gasteiger partial charge in [0.15, 0.2) is 5.75 Å². The van der Waals surface area contributed by atoms with E-state index in [1.165, 1.54) is 36.4 Å². The van der Waals surface area contributed by atoms with E-state index in [9.17, 15) is 17.7 Å². The predicted octanol–water partition coefficient (Wildman–Crippen LogP) is 6.68. The lowest BCUT2D eigenvalue weighted by Gasteiger charge is -2.20. The van der Waals surface area contributed by atoms with E-state index in [1.54, 1.807) is 6.07 Å². The summed E-state index contributed by atoms with van der Waals surface area (Å²) in [5, 5.41) is 0.924. The second-order valence-electron chi connectivity index (χ2n) is 8.42. The molecule has 11 heteroatoms. The molecular weight excluding hydrogens is 562 g/mol. The summed E-state index contributed by atoms with van der Waals surface area (Å²) in [6.07, 6.45) is 0.634. The third-order valence-electron chi connectivity index (χ3n) is 6.10. The van der Waals surface area contributed by atoms with Gasteiger partial charge in [-0.1, -0.05) is 40.2 Å². The number of para-hydroxylation sites is 1. The van der Waals surface area contributed by atoms with Gasteiger partial charge in [-0.25, -0.2) is 4.39 Å². The van der Waals surface area contributed by atoms with Crippen molar-refractivity contribution in [1.82, 2.24) is 4.57 Å². The topological polar surface area (TPSA) is 80.9 Å². The van der Waals surface area contributed by atoms with Crippen LogP contribution in [0.25, 0.3) is 10.9 Å². The molecular formula is C25H20BrF3NO5P. The van der Waals surface area contributed by atoms with Crippen LogP contribution in [0, 0.1) is 5.82 Å². The lowest BCUT2D eigenvalue weighted by molar-refractivity contribution is 0.0557. The Morgan fingerprint density at radius 3 is 2.56 bits per heavy atom. The van der Waals surface area contributed by atoms with Gasteiger partial charge in [0.05, 0.1) is 18.7 Å². The molecule has 0 unspecified atom stereocenters. The number of alkyl halides is 2. The largest absolute Gasteiger partial charge is 0.455 e. The fraction of sp³-hybridized carbons (Fsp3) is 0.200. The fourth-order valence-corrected chi connectivity index (χ4v) is 5.75. The van der Waals surface area contributed by atoms with E-state index in [4.69, 9.17) is 19.3 Å². The molecule has 3 aromatic carbocycles. The monoisotopic (exact) mass is 581 g/mol. The van der Waals surface area contributed by atoms with Crippen molar-refractivity contribution in [3.63, 3.8) is 0 Å². The minimum Gasteiger partial charge on any atom is -0.455 e. The molecule has 1 aliphatic heterocycles. The van der Waals surface area contributed by atoms with Crippen LogP contribution in [-0.2, 0) is 34.5 Å². The molecule has 36 heavy (non-hydrogen) atoms. The van der Waals surface area contributed by atoms with Gasteiger partial charge >= 0.3 is 13.3 Å². The van der Waals surface area contributed by atoms with Crippen LogP contribution in [0.3, 0.4) is 0 Å². The fourth-order valence-electron chi connectivity index (χ4n) is 4.41. The van der Waals surface area contributed by atoms with Crippen LogP contribution in [0.5, 0.6) is 11.5 Å². The molecule has 1 aliphatic rings. The number of hydrogen-bond acceptors (Lipinski definition) is 3. The second-order valence-corrected chi connectivity index (χ2v) is 10.9. The molecule has 0 radical (unpaired) electrons. The summed E-state index contributed by atoms with van der Waals surface area (Å²) >= 11 is 3.06. The Kier molecular flexibility index (Phi) is 6.51. The smallest absolute Gasteiger partial charge is 0.399 e. The molecule has 0 bridgehead atoms. The molecule has 0 spiro atoms. The van der Waals surface area contributed by atoms with Crippen LogP contribution >= 0.6 is 23.5 Å². The molecule has 0 amide bonds. The molecule has 0 saturated heterocycles. The Morgan fingerprint density at radius 1 is 1.11 bits per heavy atom. The van der Waals surface area contributed by atoms with Gasteiger partial charge in [0.2, 0.25) is 0 Å². The van der Waals surface area contributed by atoms with Crippen molar-refractivity contribution in [2.45, 2.75) is 25.2 Å². The summed E-state index contributed by atoms with van der Waals surface area (Å²) in [5.41, 5.74) is -1.67. The average molecular weight is 582 g/mol. The molecule has 0 fully saturated rings. The number of benzene rings is 3. The number of ether oxygens (including phenoxy) is 2. The number of halogens is 4. The van der Waals surface area contributed by atoms with Crippen molar-refractivity contribution < 1.29 is 37.0 Å². The van der Waals surface area contributed by atoms with Crippen LogP contribution in [0.15, 0.2) is 65.1 Å². The van der Waals surface area contributed by atoms with Crippen LogP contribution < -0.4 is 4.74 Å². The maximum absolute atomic E-state index is 14.3. The minimum absolute atomic E-state index is 0.107. The van der Waals surface area contributed by atoms with Gasteiger partial charge in [0.25, 0.3) is 0 Å². The van der Waals surface area contributed by atoms with Gasteiger partial charge in [-0.15, -0.1) is 0 Å². The third-order valence-corrected chi connectivity index (χ3v) is 7.73. The van der Waals surface area contributed by atoms with E-state index in [0.29, 0.717) is 36.7 Å². The zero-order chi connectivity index (χ0) is 25.7. The van der Waals surface area contributed by atoms with Crippen molar-refractivity contribution >= 4 is 34.4 Å². The summed E-state index contributed by atoms with van der Waals surface area (Å²) in [4.78, 5) is 18.2. The maximum atomic E-state index is 14.3. The first kappa shape index (κ1) is 25.0. The normalized spacial score (nSPS) is 14.2. The lowest BCUT2D eigenvalue weighted by atomic mass is 10.1. The van der Waals surface area contributed by atoms with Gasteiger partial charge < -0.3 is 23.8 Å². The molecule has 2 N–H and O–H groups in total. The minimum atomic E-state index is -5.70. The molecule has 0 aliphatic carbocycles. The number of fused-ring (bicyclic) bond motifs is 3. The van der Waals surface area contributed by atoms with Gasteiger partial charge in [-0.3, -0.25) is 4.57 Å². The second kappa shape index (κ2) is 9.36. The molecule has 188 valence electrons. The molecule has 1 aromatic heterocycles. The van der Waals surface area contributed by atoms with E-state index in [1.807, 2.05) is 16.7 Å². The number of rotatable bonds is 6. The third kappa shape index (κ3) is 4.48. The van der Waals surface area contributed by atoms with Gasteiger partial charge in [-0.05, 0) is 42.0 Å². The van der Waals surface area contributed by atoms with Crippen molar-refractivity contribution in [3.05, 3.63) is 93.3 Å². The van der Waals surface area contributed by atoms with Crippen molar-refractivity contribution in [2.75, 3.05) is 6.61 Å². The Morgan fingerprint density at radius 2 is 1.86 bits per heavy atom. The summed E-state index contributed by atoms with van der Waals surface area (Å²) in [6, 6.07) is 15.2. The Balaban J connectivity index is 1.59. The highest BCUT2D eigenvalue weighted by Crippen LogP contribution is 2.60. The lowest BCUT2D eigenvalue weighted by Crippen LogP contribution is -2.16. The summed E-state index contributed by atoms with van der Waals surface area (Å²) < 4.78 is 67.0. The van der Waals surface area contributed by atoms with E-state index in [2.05, 4.69) is 15.9 Å². The SMILES string of the molecule is O=P(O)(O)C(F)(F)c1ccc(Cn2c3c(c4cccc(Oc5ccc(F)cc5)c42)COCC3)cc1Br. The summed E-state index contributed by atoms with van der Waals surface area (Å²) in [5.74, 6) is 0.616. The average Bonchev–Trinajstić information content (AvgIpc) is 3.14. The van der Waals surface area contributed by atoms with Crippen LogP contribution in [0.4, 0.5) is 13.2 Å². The van der Waals surface area contributed by atoms with E-state index in [-0.39, 0.29) is 16.8 Å². The van der Waals surface area contributed by atoms with Gasteiger partial charge in [-0.2, -0.15) is 8.78 Å².